The summed E-state index contributed by atoms with van der Waals surface area (Å²) in [5, 5.41) is 9.12. The van der Waals surface area contributed by atoms with Crippen molar-refractivity contribution in [3.63, 3.8) is 0 Å². The van der Waals surface area contributed by atoms with Gasteiger partial charge in [-0.3, -0.25) is 4.90 Å². The number of carboxylic acid groups (broad SMARTS) is 1. The summed E-state index contributed by atoms with van der Waals surface area (Å²) in [6, 6.07) is 0.551. The molecule has 1 atom stereocenters. The molecule has 5 nitrogen and oxygen atoms in total. The predicted molar refractivity (Wildman–Crippen MR) is 67.3 cm³/mol. The lowest BCUT2D eigenvalue weighted by Crippen LogP contribution is -2.39. The van der Waals surface area contributed by atoms with E-state index >= 15 is 0 Å². The fraction of sp³-hybridized carbons (Fsp3) is 0.615. The van der Waals surface area contributed by atoms with Gasteiger partial charge in [-0.2, -0.15) is 0 Å². The lowest BCUT2D eigenvalue weighted by Gasteiger charge is -2.35. The minimum Gasteiger partial charge on any atom is -0.478 e. The Balaban J connectivity index is 2.15. The Kier molecular flexibility index (Phi) is 4.25. The van der Waals surface area contributed by atoms with Crippen molar-refractivity contribution < 1.29 is 9.90 Å². The van der Waals surface area contributed by atoms with E-state index in [4.69, 9.17) is 5.11 Å². The zero-order valence-electron chi connectivity index (χ0n) is 10.7. The Morgan fingerprint density at radius 2 is 2.39 bits per heavy atom. The van der Waals surface area contributed by atoms with Gasteiger partial charge < -0.3 is 5.11 Å². The molecule has 2 heterocycles. The first-order valence-corrected chi connectivity index (χ1v) is 6.48. The third kappa shape index (κ3) is 2.85. The second kappa shape index (κ2) is 5.91. The van der Waals surface area contributed by atoms with E-state index in [1.54, 1.807) is 0 Å². The molecule has 0 saturated carbocycles. The summed E-state index contributed by atoms with van der Waals surface area (Å²) < 4.78 is 0. The van der Waals surface area contributed by atoms with Gasteiger partial charge in [-0.1, -0.05) is 13.3 Å². The number of carboxylic acids is 1. The zero-order chi connectivity index (χ0) is 13.0. The Morgan fingerprint density at radius 1 is 1.56 bits per heavy atom. The molecule has 0 radical (unpaired) electrons. The van der Waals surface area contributed by atoms with Gasteiger partial charge in [0.2, 0.25) is 0 Å². The molecule has 0 amide bonds. The van der Waals surface area contributed by atoms with E-state index in [9.17, 15) is 4.79 Å². The van der Waals surface area contributed by atoms with Crippen molar-refractivity contribution in [2.75, 3.05) is 6.54 Å². The summed E-state index contributed by atoms with van der Waals surface area (Å²) >= 11 is 0. The van der Waals surface area contributed by atoms with Crippen LogP contribution in [-0.2, 0) is 6.54 Å². The van der Waals surface area contributed by atoms with Crippen LogP contribution in [0.2, 0.25) is 0 Å². The van der Waals surface area contributed by atoms with Crippen LogP contribution in [0, 0.1) is 0 Å². The highest BCUT2D eigenvalue weighted by atomic mass is 16.4. The van der Waals surface area contributed by atoms with Crippen molar-refractivity contribution in [1.29, 1.82) is 0 Å². The van der Waals surface area contributed by atoms with E-state index in [0.717, 1.165) is 13.0 Å². The SMILES string of the molecule is CCC1CCCCN1Cc1ncncc1C(=O)O. The highest BCUT2D eigenvalue weighted by molar-refractivity contribution is 5.88. The van der Waals surface area contributed by atoms with Crippen molar-refractivity contribution >= 4 is 5.97 Å². The van der Waals surface area contributed by atoms with Crippen LogP contribution < -0.4 is 0 Å². The number of carbonyl (C=O) groups is 1. The van der Waals surface area contributed by atoms with Crippen LogP contribution in [0.5, 0.6) is 0 Å². The van der Waals surface area contributed by atoms with Crippen molar-refractivity contribution in [2.24, 2.45) is 0 Å². The van der Waals surface area contributed by atoms with Crippen molar-refractivity contribution in [1.82, 2.24) is 14.9 Å². The molecule has 1 N–H and O–H groups in total. The highest BCUT2D eigenvalue weighted by Crippen LogP contribution is 2.21. The highest BCUT2D eigenvalue weighted by Gasteiger charge is 2.23. The van der Waals surface area contributed by atoms with Crippen LogP contribution >= 0.6 is 0 Å². The van der Waals surface area contributed by atoms with Crippen LogP contribution in [0.1, 0.15) is 48.7 Å². The van der Waals surface area contributed by atoms with Gasteiger partial charge in [0.15, 0.2) is 0 Å². The number of hydrogen-bond donors (Lipinski definition) is 1. The predicted octanol–water partition coefficient (Wildman–Crippen LogP) is 1.94. The van der Waals surface area contributed by atoms with Gasteiger partial charge in [0.1, 0.15) is 11.9 Å². The minimum atomic E-state index is -0.948. The molecule has 1 saturated heterocycles. The molecule has 1 aliphatic rings. The number of piperidine rings is 1. The van der Waals surface area contributed by atoms with E-state index in [2.05, 4.69) is 21.8 Å². The summed E-state index contributed by atoms with van der Waals surface area (Å²) in [5.74, 6) is -0.948. The lowest BCUT2D eigenvalue weighted by molar-refractivity contribution is 0.0690. The van der Waals surface area contributed by atoms with Crippen molar-refractivity contribution in [3.05, 3.63) is 23.8 Å². The van der Waals surface area contributed by atoms with Gasteiger partial charge in [0.05, 0.1) is 5.69 Å². The second-order valence-corrected chi connectivity index (χ2v) is 4.72. The normalized spacial score (nSPS) is 20.8. The molecule has 5 heteroatoms. The maximum Gasteiger partial charge on any atom is 0.339 e. The standard InChI is InChI=1S/C13H19N3O2/c1-2-10-5-3-4-6-16(10)8-12-11(13(17)18)7-14-9-15-12/h7,9-10H,2-6,8H2,1H3,(H,17,18). The molecule has 0 aliphatic carbocycles. The number of hydrogen-bond acceptors (Lipinski definition) is 4. The average Bonchev–Trinajstić information content (AvgIpc) is 2.40. The first-order valence-electron chi connectivity index (χ1n) is 6.48. The Hall–Kier alpha value is -1.49. The summed E-state index contributed by atoms with van der Waals surface area (Å²) in [5.41, 5.74) is 0.843. The minimum absolute atomic E-state index is 0.220. The van der Waals surface area contributed by atoms with E-state index < -0.39 is 5.97 Å². The van der Waals surface area contributed by atoms with Gasteiger partial charge in [-0.05, 0) is 25.8 Å². The van der Waals surface area contributed by atoms with Crippen LogP contribution in [0.15, 0.2) is 12.5 Å². The number of rotatable bonds is 4. The quantitative estimate of drug-likeness (QED) is 0.883. The molecule has 1 aromatic rings. The zero-order valence-corrected chi connectivity index (χ0v) is 10.7. The Bertz CT molecular complexity index is 422. The average molecular weight is 249 g/mol. The van der Waals surface area contributed by atoms with E-state index in [1.807, 2.05) is 0 Å². The van der Waals surface area contributed by atoms with Gasteiger partial charge >= 0.3 is 5.97 Å². The van der Waals surface area contributed by atoms with Crippen LogP contribution in [-0.4, -0.2) is 38.5 Å². The molecule has 0 bridgehead atoms. The molecule has 0 aromatic carbocycles. The first-order chi connectivity index (χ1) is 8.72. The lowest BCUT2D eigenvalue weighted by atomic mass is 9.99. The summed E-state index contributed by atoms with van der Waals surface area (Å²) in [7, 11) is 0. The molecule has 0 spiro atoms. The van der Waals surface area contributed by atoms with E-state index in [-0.39, 0.29) is 5.56 Å². The number of nitrogens with zero attached hydrogens (tertiary/aromatic N) is 3. The van der Waals surface area contributed by atoms with Gasteiger partial charge in [0.25, 0.3) is 0 Å². The second-order valence-electron chi connectivity index (χ2n) is 4.72. The summed E-state index contributed by atoms with van der Waals surface area (Å²) in [6.07, 6.45) is 7.56. The Labute approximate surface area is 107 Å². The number of aromatic nitrogens is 2. The molecule has 18 heavy (non-hydrogen) atoms. The van der Waals surface area contributed by atoms with E-state index in [1.165, 1.54) is 31.8 Å². The van der Waals surface area contributed by atoms with Crippen LogP contribution in [0.3, 0.4) is 0 Å². The van der Waals surface area contributed by atoms with Gasteiger partial charge in [0, 0.05) is 18.8 Å². The smallest absolute Gasteiger partial charge is 0.339 e. The van der Waals surface area contributed by atoms with Gasteiger partial charge in [-0.25, -0.2) is 14.8 Å². The Morgan fingerprint density at radius 3 is 3.11 bits per heavy atom. The fourth-order valence-electron chi connectivity index (χ4n) is 2.58. The maximum absolute atomic E-state index is 11.1. The van der Waals surface area contributed by atoms with E-state index in [0.29, 0.717) is 18.3 Å². The molecule has 1 aromatic heterocycles. The van der Waals surface area contributed by atoms with Crippen molar-refractivity contribution in [2.45, 2.75) is 45.2 Å². The van der Waals surface area contributed by atoms with Gasteiger partial charge in [-0.15, -0.1) is 0 Å². The summed E-state index contributed by atoms with van der Waals surface area (Å²) in [6.45, 7) is 3.82. The topological polar surface area (TPSA) is 66.3 Å². The molecule has 98 valence electrons. The van der Waals surface area contributed by atoms with Crippen molar-refractivity contribution in [3.8, 4) is 0 Å². The monoisotopic (exact) mass is 249 g/mol. The molecular formula is C13H19N3O2. The summed E-state index contributed by atoms with van der Waals surface area (Å²) in [4.78, 5) is 21.4. The molecule has 1 aliphatic heterocycles. The molecule has 1 unspecified atom stereocenters. The molecular weight excluding hydrogens is 230 g/mol. The number of aromatic carboxylic acids is 1. The molecule has 2 rings (SSSR count). The third-order valence-electron chi connectivity index (χ3n) is 3.60. The third-order valence-corrected chi connectivity index (χ3v) is 3.60. The maximum atomic E-state index is 11.1. The largest absolute Gasteiger partial charge is 0.478 e. The fourth-order valence-corrected chi connectivity index (χ4v) is 2.58. The van der Waals surface area contributed by atoms with Crippen LogP contribution in [0.25, 0.3) is 0 Å². The molecule has 1 fully saturated rings. The number of likely N-dealkylation sites (tertiary alicyclic amines) is 1. The van der Waals surface area contributed by atoms with Crippen LogP contribution in [0.4, 0.5) is 0 Å². The first kappa shape index (κ1) is 13.0.